The Morgan fingerprint density at radius 3 is 2.52 bits per heavy atom. The molecule has 0 aromatic heterocycles. The van der Waals surface area contributed by atoms with E-state index in [1.54, 1.807) is 0 Å². The molecule has 3 aliphatic carbocycles. The van der Waals surface area contributed by atoms with E-state index in [9.17, 15) is 0 Å². The van der Waals surface area contributed by atoms with Gasteiger partial charge in [0.15, 0.2) is 0 Å². The second-order valence-corrected chi connectivity index (χ2v) is 9.47. The lowest BCUT2D eigenvalue weighted by atomic mass is 9.82. The van der Waals surface area contributed by atoms with Crippen molar-refractivity contribution in [2.24, 2.45) is 0 Å². The van der Waals surface area contributed by atoms with Gasteiger partial charge in [-0.1, -0.05) is 86.0 Å². The van der Waals surface area contributed by atoms with E-state index in [4.69, 9.17) is 0 Å². The van der Waals surface area contributed by atoms with Crippen LogP contribution in [0.5, 0.6) is 0 Å². The van der Waals surface area contributed by atoms with E-state index in [0.29, 0.717) is 5.92 Å². The van der Waals surface area contributed by atoms with Crippen LogP contribution in [-0.2, 0) is 0 Å². The lowest BCUT2D eigenvalue weighted by Crippen LogP contribution is -2.07. The van der Waals surface area contributed by atoms with Crippen molar-refractivity contribution in [3.8, 4) is 0 Å². The van der Waals surface area contributed by atoms with E-state index in [1.165, 1.54) is 54.6 Å². The topological polar surface area (TPSA) is 0 Å². The highest BCUT2D eigenvalue weighted by molar-refractivity contribution is 9.10. The first kappa shape index (κ1) is 17.5. The Labute approximate surface area is 177 Å². The summed E-state index contributed by atoms with van der Waals surface area (Å²) in [6.45, 7) is 4.54. The summed E-state index contributed by atoms with van der Waals surface area (Å²) in [5, 5.41) is 0. The van der Waals surface area contributed by atoms with Crippen LogP contribution >= 0.6 is 31.9 Å². The smallest absolute Gasteiger partial charge is 0.0656 e. The molecule has 2 aromatic carbocycles. The maximum absolute atomic E-state index is 3.96. The van der Waals surface area contributed by atoms with Crippen LogP contribution in [0.3, 0.4) is 0 Å². The van der Waals surface area contributed by atoms with Gasteiger partial charge in [-0.15, -0.1) is 0 Å². The van der Waals surface area contributed by atoms with Crippen LogP contribution in [0, 0.1) is 0 Å². The summed E-state index contributed by atoms with van der Waals surface area (Å²) in [7, 11) is 0. The summed E-state index contributed by atoms with van der Waals surface area (Å²) in [5.74, 6) is 0.460. The molecule has 0 saturated carbocycles. The number of allylic oxidation sites excluding steroid dienone is 6. The molecule has 5 rings (SSSR count). The first-order valence-electron chi connectivity index (χ1n) is 9.38. The Kier molecular flexibility index (Phi) is 4.18. The maximum Gasteiger partial charge on any atom is 0.0656 e. The molecular weight excluding hydrogens is 460 g/mol. The van der Waals surface area contributed by atoms with Crippen LogP contribution in [0.25, 0.3) is 12.2 Å². The first-order valence-corrected chi connectivity index (χ1v) is 11.1. The lowest BCUT2D eigenvalue weighted by molar-refractivity contribution is 0.798. The van der Waals surface area contributed by atoms with Crippen LogP contribution in [0.4, 0.5) is 0 Å². The first-order chi connectivity index (χ1) is 13.0. The molecule has 2 heteroatoms. The molecule has 27 heavy (non-hydrogen) atoms. The van der Waals surface area contributed by atoms with Crippen LogP contribution in [0.1, 0.15) is 53.3 Å². The molecule has 3 aliphatic rings. The van der Waals surface area contributed by atoms with E-state index in [0.717, 1.165) is 6.42 Å². The molecule has 0 fully saturated rings. The molecule has 0 bridgehead atoms. The van der Waals surface area contributed by atoms with Crippen molar-refractivity contribution in [3.05, 3.63) is 103 Å². The number of halogens is 2. The Balaban J connectivity index is 1.55. The average molecular weight is 480 g/mol. The Bertz CT molecular complexity index is 1100. The third-order valence-electron chi connectivity index (χ3n) is 6.12. The van der Waals surface area contributed by atoms with Crippen LogP contribution in [-0.4, -0.2) is 0 Å². The molecule has 0 saturated heterocycles. The van der Waals surface area contributed by atoms with Crippen molar-refractivity contribution in [2.75, 3.05) is 0 Å². The van der Waals surface area contributed by atoms with E-state index >= 15 is 0 Å². The second kappa shape index (κ2) is 6.46. The molecule has 2 atom stereocenters. The minimum absolute atomic E-state index is 0.280. The largest absolute Gasteiger partial charge is 0.0786 e. The molecule has 0 amide bonds. The van der Waals surface area contributed by atoms with Gasteiger partial charge in [0.25, 0.3) is 0 Å². The molecule has 0 nitrogen and oxygen atoms in total. The van der Waals surface area contributed by atoms with E-state index < -0.39 is 0 Å². The summed E-state index contributed by atoms with van der Waals surface area (Å²) in [6.07, 6.45) is 8.18. The van der Waals surface area contributed by atoms with Crippen molar-refractivity contribution in [2.45, 2.75) is 31.0 Å². The van der Waals surface area contributed by atoms with Crippen molar-refractivity contribution < 1.29 is 0 Å². The van der Waals surface area contributed by atoms with Crippen molar-refractivity contribution in [1.82, 2.24) is 0 Å². The highest BCUT2D eigenvalue weighted by atomic mass is 79.9. The highest BCUT2D eigenvalue weighted by Crippen LogP contribution is 2.52. The molecule has 2 aromatic rings. The second-order valence-electron chi connectivity index (χ2n) is 7.70. The summed E-state index contributed by atoms with van der Waals surface area (Å²) >= 11 is 7.68. The van der Waals surface area contributed by atoms with Gasteiger partial charge in [0.2, 0.25) is 0 Å². The fourth-order valence-corrected chi connectivity index (χ4v) is 5.98. The number of alkyl halides is 1. The number of hydrogen-bond acceptors (Lipinski definition) is 0. The average Bonchev–Trinajstić information content (AvgIpc) is 3.15. The zero-order valence-corrected chi connectivity index (χ0v) is 18.6. The van der Waals surface area contributed by atoms with Gasteiger partial charge in [-0.2, -0.15) is 0 Å². The standard InChI is InChI=1S/C25H20Br2/c1-14-10-22-18(8-5-9-24(22)26)19(14)13-20-15(2)11-23-21(20)12-16-6-3-4-7-17(16)25(23)27/h3-12,19,25H,13H2,1-2H3. The summed E-state index contributed by atoms with van der Waals surface area (Å²) in [5.41, 5.74) is 12.7. The molecule has 0 radical (unpaired) electrons. The van der Waals surface area contributed by atoms with Crippen LogP contribution in [0.15, 0.2) is 80.9 Å². The summed E-state index contributed by atoms with van der Waals surface area (Å²) < 4.78 is 1.20. The zero-order chi connectivity index (χ0) is 18.7. The monoisotopic (exact) mass is 478 g/mol. The number of rotatable bonds is 2. The summed E-state index contributed by atoms with van der Waals surface area (Å²) in [4.78, 5) is 0.280. The van der Waals surface area contributed by atoms with Gasteiger partial charge < -0.3 is 0 Å². The van der Waals surface area contributed by atoms with Gasteiger partial charge in [-0.3, -0.25) is 0 Å². The van der Waals surface area contributed by atoms with Gasteiger partial charge >= 0.3 is 0 Å². The van der Waals surface area contributed by atoms with Crippen LogP contribution in [0.2, 0.25) is 0 Å². The predicted molar refractivity (Wildman–Crippen MR) is 122 cm³/mol. The fourth-order valence-electron chi connectivity index (χ4n) is 4.69. The Morgan fingerprint density at radius 1 is 0.889 bits per heavy atom. The van der Waals surface area contributed by atoms with E-state index in [2.05, 4.69) is 106 Å². The third kappa shape index (κ3) is 2.68. The SMILES string of the molecule is CC1=Cc2c(Br)cccc2C1CC1=C(C)C=C2C1=Cc1ccccc1C2Br. The van der Waals surface area contributed by atoms with Gasteiger partial charge in [-0.25, -0.2) is 0 Å². The minimum Gasteiger partial charge on any atom is -0.0786 e. The molecular formula is C25H20Br2. The van der Waals surface area contributed by atoms with Gasteiger partial charge in [0.05, 0.1) is 4.83 Å². The predicted octanol–water partition coefficient (Wildman–Crippen LogP) is 8.13. The van der Waals surface area contributed by atoms with E-state index in [1.807, 2.05) is 0 Å². The minimum atomic E-state index is 0.280. The maximum atomic E-state index is 3.96. The van der Waals surface area contributed by atoms with Crippen LogP contribution < -0.4 is 0 Å². The molecule has 0 N–H and O–H groups in total. The normalized spacial score (nSPS) is 22.7. The highest BCUT2D eigenvalue weighted by Gasteiger charge is 2.33. The summed E-state index contributed by atoms with van der Waals surface area (Å²) in [6, 6.07) is 15.3. The third-order valence-corrected chi connectivity index (χ3v) is 7.80. The van der Waals surface area contributed by atoms with Crippen molar-refractivity contribution in [1.29, 1.82) is 0 Å². The van der Waals surface area contributed by atoms with Gasteiger partial charge in [0.1, 0.15) is 0 Å². The van der Waals surface area contributed by atoms with Crippen molar-refractivity contribution in [3.63, 3.8) is 0 Å². The quantitative estimate of drug-likeness (QED) is 0.381. The Morgan fingerprint density at radius 2 is 1.67 bits per heavy atom. The molecule has 2 unspecified atom stereocenters. The van der Waals surface area contributed by atoms with E-state index in [-0.39, 0.29) is 4.83 Å². The zero-order valence-electron chi connectivity index (χ0n) is 15.4. The van der Waals surface area contributed by atoms with Gasteiger partial charge in [0, 0.05) is 10.4 Å². The fraction of sp³-hybridized carbons (Fsp3) is 0.200. The molecule has 0 spiro atoms. The number of benzene rings is 2. The molecule has 134 valence electrons. The lowest BCUT2D eigenvalue weighted by Gasteiger charge is -2.25. The van der Waals surface area contributed by atoms with Crippen molar-refractivity contribution >= 4 is 44.0 Å². The number of fused-ring (bicyclic) bond motifs is 3. The molecule has 0 aliphatic heterocycles. The number of hydrogen-bond donors (Lipinski definition) is 0. The Hall–Kier alpha value is -1.64. The molecule has 0 heterocycles. The van der Waals surface area contributed by atoms with Gasteiger partial charge in [-0.05, 0) is 77.0 Å².